The van der Waals surface area contributed by atoms with Crippen molar-refractivity contribution < 1.29 is 80.2 Å². The van der Waals surface area contributed by atoms with Crippen LogP contribution >= 0.6 is 15.6 Å². The fourth-order valence-corrected chi connectivity index (χ4v) is 12.3. The number of hydrogen-bond donors (Lipinski definition) is 3. The van der Waals surface area contributed by atoms with Gasteiger partial charge in [0.15, 0.2) is 12.2 Å². The van der Waals surface area contributed by atoms with Crippen molar-refractivity contribution in [3.63, 3.8) is 0 Å². The van der Waals surface area contributed by atoms with Crippen LogP contribution in [0, 0.1) is 0 Å². The summed E-state index contributed by atoms with van der Waals surface area (Å²) in [5, 5.41) is 10.7. The lowest BCUT2D eigenvalue weighted by Gasteiger charge is -2.21. The van der Waals surface area contributed by atoms with E-state index in [1.165, 1.54) is 103 Å². The third-order valence-electron chi connectivity index (χ3n) is 17.0. The van der Waals surface area contributed by atoms with Crippen LogP contribution in [0.15, 0.2) is 158 Å². The van der Waals surface area contributed by atoms with E-state index in [1.54, 1.807) is 0 Å². The Morgan fingerprint density at radius 1 is 0.269 bits per heavy atom. The van der Waals surface area contributed by atoms with Gasteiger partial charge in [0.25, 0.3) is 0 Å². The molecule has 108 heavy (non-hydrogen) atoms. The van der Waals surface area contributed by atoms with Crippen LogP contribution in [-0.2, 0) is 65.4 Å². The zero-order valence-corrected chi connectivity index (χ0v) is 69.3. The van der Waals surface area contributed by atoms with Crippen molar-refractivity contribution in [2.45, 2.75) is 341 Å². The second-order valence-corrected chi connectivity index (χ2v) is 30.2. The van der Waals surface area contributed by atoms with Gasteiger partial charge in [0.05, 0.1) is 26.4 Å². The van der Waals surface area contributed by atoms with E-state index in [-0.39, 0.29) is 25.7 Å². The summed E-state index contributed by atoms with van der Waals surface area (Å²) in [5.41, 5.74) is 0. The second-order valence-electron chi connectivity index (χ2n) is 27.3. The molecule has 2 unspecified atom stereocenters. The van der Waals surface area contributed by atoms with Gasteiger partial charge in [-0.15, -0.1) is 0 Å². The van der Waals surface area contributed by atoms with Gasteiger partial charge >= 0.3 is 39.5 Å². The quantitative estimate of drug-likeness (QED) is 0.0169. The smallest absolute Gasteiger partial charge is 0.462 e. The predicted molar refractivity (Wildman–Crippen MR) is 445 cm³/mol. The summed E-state index contributed by atoms with van der Waals surface area (Å²) in [6.45, 7) is 4.49. The highest BCUT2D eigenvalue weighted by atomic mass is 31.2. The SMILES string of the molecule is CC/C=C\C/C=C\C/C=C\C/C=C\C/C=C\C/C=C\CCC(=O)OC[C@H](COP(=O)(O)OC[C@@H](O)COP(=O)(O)OC[C@@H](COC(=O)CCCCCCC/C=C\CCCCCCCC)OC(=O)CC/C=C\C/C=C\C/C=C\C/C=C\C/C=C\C/C=C\CC)OC(=O)CCCCCCCCCCCCCCCCC. The summed E-state index contributed by atoms with van der Waals surface area (Å²) in [5.74, 6) is -2.38. The van der Waals surface area contributed by atoms with E-state index in [9.17, 15) is 43.2 Å². The van der Waals surface area contributed by atoms with Crippen LogP contribution in [0.4, 0.5) is 0 Å². The third kappa shape index (κ3) is 78.8. The maximum Gasteiger partial charge on any atom is 0.472 e. The second kappa shape index (κ2) is 79.8. The van der Waals surface area contributed by atoms with E-state index in [4.69, 9.17) is 37.0 Å². The molecule has 0 radical (unpaired) electrons. The summed E-state index contributed by atoms with van der Waals surface area (Å²) in [6, 6.07) is 0. The Morgan fingerprint density at radius 3 is 0.815 bits per heavy atom. The first-order chi connectivity index (χ1) is 52.7. The van der Waals surface area contributed by atoms with Crippen molar-refractivity contribution in [1.82, 2.24) is 0 Å². The van der Waals surface area contributed by atoms with Gasteiger partial charge in [-0.1, -0.05) is 327 Å². The molecule has 0 aromatic heterocycles. The molecule has 0 aliphatic rings. The Bertz CT molecular complexity index is 2660. The van der Waals surface area contributed by atoms with Crippen LogP contribution in [0.3, 0.4) is 0 Å². The minimum atomic E-state index is -5.01. The third-order valence-corrected chi connectivity index (χ3v) is 18.9. The van der Waals surface area contributed by atoms with E-state index < -0.39 is 97.5 Å². The lowest BCUT2D eigenvalue weighted by molar-refractivity contribution is -0.161. The molecule has 616 valence electrons. The molecule has 0 bridgehead atoms. The van der Waals surface area contributed by atoms with Crippen molar-refractivity contribution in [1.29, 1.82) is 0 Å². The fourth-order valence-electron chi connectivity index (χ4n) is 10.7. The van der Waals surface area contributed by atoms with Gasteiger partial charge in [0.1, 0.15) is 19.3 Å². The molecule has 0 rings (SSSR count). The number of hydrogen-bond acceptors (Lipinski definition) is 15. The Labute approximate surface area is 655 Å². The summed E-state index contributed by atoms with van der Waals surface area (Å²) >= 11 is 0. The minimum absolute atomic E-state index is 0.0321. The van der Waals surface area contributed by atoms with Crippen molar-refractivity contribution in [3.8, 4) is 0 Å². The first-order valence-corrected chi connectivity index (χ1v) is 44.7. The van der Waals surface area contributed by atoms with Crippen molar-refractivity contribution in [3.05, 3.63) is 158 Å². The molecular weight excluding hydrogens is 1400 g/mol. The number of aliphatic hydroxyl groups excluding tert-OH is 1. The van der Waals surface area contributed by atoms with Gasteiger partial charge in [-0.2, -0.15) is 0 Å². The number of phosphoric acid groups is 2. The molecule has 0 aliphatic carbocycles. The maximum absolute atomic E-state index is 13.1. The Balaban J connectivity index is 5.51. The molecule has 0 fully saturated rings. The molecule has 0 amide bonds. The number of rotatable bonds is 77. The van der Waals surface area contributed by atoms with Gasteiger partial charge < -0.3 is 33.8 Å². The number of allylic oxidation sites excluding steroid dienone is 26. The number of esters is 4. The van der Waals surface area contributed by atoms with Crippen LogP contribution in [0.2, 0.25) is 0 Å². The Morgan fingerprint density at radius 2 is 0.500 bits per heavy atom. The Hall–Kier alpha value is -5.32. The Kier molecular flexibility index (Phi) is 75.8. The largest absolute Gasteiger partial charge is 0.472 e. The zero-order valence-electron chi connectivity index (χ0n) is 67.5. The molecule has 0 aliphatic heterocycles. The minimum Gasteiger partial charge on any atom is -0.462 e. The topological polar surface area (TPSA) is 237 Å². The molecule has 0 spiro atoms. The van der Waals surface area contributed by atoms with Gasteiger partial charge in [0, 0.05) is 25.7 Å². The van der Waals surface area contributed by atoms with Gasteiger partial charge in [-0.25, -0.2) is 9.13 Å². The number of carbonyl (C=O) groups excluding carboxylic acids is 4. The average molecular weight is 1550 g/mol. The lowest BCUT2D eigenvalue weighted by atomic mass is 10.0. The van der Waals surface area contributed by atoms with Crippen molar-refractivity contribution >= 4 is 39.5 Å². The first-order valence-electron chi connectivity index (χ1n) is 41.7. The van der Waals surface area contributed by atoms with Gasteiger partial charge in [-0.05, 0) is 128 Å². The molecule has 0 heterocycles. The van der Waals surface area contributed by atoms with E-state index in [0.29, 0.717) is 38.5 Å². The highest BCUT2D eigenvalue weighted by Crippen LogP contribution is 2.45. The summed E-state index contributed by atoms with van der Waals surface area (Å²) in [7, 11) is -10.0. The first kappa shape index (κ1) is 103. The molecule has 0 saturated heterocycles. The highest BCUT2D eigenvalue weighted by Gasteiger charge is 2.30. The van der Waals surface area contributed by atoms with Crippen LogP contribution in [0.1, 0.15) is 323 Å². The molecule has 5 atom stereocenters. The lowest BCUT2D eigenvalue weighted by Crippen LogP contribution is -2.30. The highest BCUT2D eigenvalue weighted by molar-refractivity contribution is 7.47. The maximum atomic E-state index is 13.1. The van der Waals surface area contributed by atoms with Crippen molar-refractivity contribution in [2.24, 2.45) is 0 Å². The van der Waals surface area contributed by atoms with Gasteiger partial charge in [0.2, 0.25) is 0 Å². The summed E-state index contributed by atoms with van der Waals surface area (Å²) < 4.78 is 68.6. The van der Waals surface area contributed by atoms with E-state index in [0.717, 1.165) is 128 Å². The van der Waals surface area contributed by atoms with Crippen LogP contribution in [0.25, 0.3) is 0 Å². The standard InChI is InChI=1S/C89H148O17P2/c1-5-9-13-17-21-25-29-33-37-39-41-43-47-50-54-58-62-66-70-74-87(92)100-80-84(105-88(93)75-71-67-63-59-55-51-46-36-32-28-24-20-16-12-8-4)81-103-107(95,96)101-77-83(90)78-102-108(97,98)104-82-85(79-99-86(91)73-69-65-61-57-53-49-45-35-31-27-23-19-15-11-7-3)106-89(94)76-72-68-64-60-56-52-48-44-42-40-38-34-30-26-22-18-14-10-6-2/h9-10,13-14,21-22,25-26,33-35,37-38,41-45,50,52,54,56,62,64,66,68,83-85,90H,5-8,11-12,15-20,23-24,27-32,36,39-40,46-49,51,53,55,57-61,63,65,67,69-82H2,1-4H3,(H,95,96)(H,97,98)/b13-9-,14-10-,25-21-,26-22-,37-33-,38-34-,43-41-,44-42-,45-35-,54-50-,56-52-,66-62-,68-64-/t83-,84-,85-/m1/s1. The molecule has 19 heteroatoms. The molecular formula is C89H148O17P2. The van der Waals surface area contributed by atoms with E-state index >= 15 is 0 Å². The predicted octanol–water partition coefficient (Wildman–Crippen LogP) is 24.8. The van der Waals surface area contributed by atoms with Crippen LogP contribution in [0.5, 0.6) is 0 Å². The monoisotopic (exact) mass is 1550 g/mol. The number of phosphoric ester groups is 2. The average Bonchev–Trinajstić information content (AvgIpc) is 0.914. The van der Waals surface area contributed by atoms with Crippen molar-refractivity contribution in [2.75, 3.05) is 39.6 Å². The van der Waals surface area contributed by atoms with Crippen LogP contribution in [-0.4, -0.2) is 96.7 Å². The number of carbonyl (C=O) groups is 4. The summed E-state index contributed by atoms with van der Waals surface area (Å²) in [4.78, 5) is 73.1. The molecule has 0 saturated carbocycles. The van der Waals surface area contributed by atoms with Crippen LogP contribution < -0.4 is 0 Å². The fraction of sp³-hybridized carbons (Fsp3) is 0.663. The summed E-state index contributed by atoms with van der Waals surface area (Å²) in [6.07, 6.45) is 93.9. The van der Waals surface area contributed by atoms with E-state index in [1.807, 2.05) is 36.5 Å². The normalized spacial score (nSPS) is 14.6. The molecule has 0 aromatic rings. The number of aliphatic hydroxyl groups is 1. The molecule has 3 N–H and O–H groups in total. The zero-order chi connectivity index (χ0) is 78.9. The molecule has 17 nitrogen and oxygen atoms in total. The molecule has 0 aromatic carbocycles. The number of ether oxygens (including phenoxy) is 4. The van der Waals surface area contributed by atoms with Gasteiger partial charge in [-0.3, -0.25) is 37.3 Å². The number of unbranched alkanes of at least 4 members (excludes halogenated alkanes) is 25. The van der Waals surface area contributed by atoms with E-state index in [2.05, 4.69) is 149 Å².